The van der Waals surface area contributed by atoms with Crippen molar-refractivity contribution in [2.24, 2.45) is 5.92 Å². The molecule has 0 radical (unpaired) electrons. The Morgan fingerprint density at radius 3 is 2.67 bits per heavy atom. The largest absolute Gasteiger partial charge is 0.389 e. The summed E-state index contributed by atoms with van der Waals surface area (Å²) in [6.07, 6.45) is 6.11. The fraction of sp³-hybridized carbons (Fsp3) is 0.667. The molecule has 1 aromatic heterocycles. The Bertz CT molecular complexity index is 356. The van der Waals surface area contributed by atoms with Crippen molar-refractivity contribution in [2.75, 3.05) is 19.6 Å². The van der Waals surface area contributed by atoms with Crippen LogP contribution < -0.4 is 0 Å². The first-order valence-electron chi connectivity index (χ1n) is 6.91. The monoisotopic (exact) mass is 248 g/mol. The van der Waals surface area contributed by atoms with E-state index in [0.717, 1.165) is 44.5 Å². The highest BCUT2D eigenvalue weighted by atomic mass is 16.3. The van der Waals surface area contributed by atoms with Crippen LogP contribution in [0.15, 0.2) is 24.5 Å². The summed E-state index contributed by atoms with van der Waals surface area (Å²) in [5, 5.41) is 10.6. The van der Waals surface area contributed by atoms with Crippen LogP contribution in [0, 0.1) is 5.92 Å². The summed E-state index contributed by atoms with van der Waals surface area (Å²) in [7, 11) is 0. The summed E-state index contributed by atoms with van der Waals surface area (Å²) in [6, 6.07) is 3.98. The van der Waals surface area contributed by atoms with Gasteiger partial charge in [0.15, 0.2) is 0 Å². The average molecular weight is 248 g/mol. The molecule has 0 aliphatic carbocycles. The Balaban J connectivity index is 1.87. The molecule has 2 rings (SSSR count). The van der Waals surface area contributed by atoms with E-state index in [1.807, 2.05) is 18.3 Å². The molecular weight excluding hydrogens is 224 g/mol. The van der Waals surface area contributed by atoms with E-state index in [0.29, 0.717) is 5.92 Å². The van der Waals surface area contributed by atoms with Gasteiger partial charge in [0.25, 0.3) is 0 Å². The van der Waals surface area contributed by atoms with Crippen LogP contribution in [0.2, 0.25) is 0 Å². The van der Waals surface area contributed by atoms with Crippen molar-refractivity contribution in [3.05, 3.63) is 30.1 Å². The zero-order valence-corrected chi connectivity index (χ0v) is 11.5. The van der Waals surface area contributed by atoms with Crippen molar-refractivity contribution < 1.29 is 5.11 Å². The third-order valence-corrected chi connectivity index (χ3v) is 3.67. The van der Waals surface area contributed by atoms with Crippen LogP contribution in [0.3, 0.4) is 0 Å². The molecule has 1 aliphatic heterocycles. The van der Waals surface area contributed by atoms with E-state index in [1.54, 1.807) is 6.20 Å². The summed E-state index contributed by atoms with van der Waals surface area (Å²) in [5.74, 6) is 0.703. The van der Waals surface area contributed by atoms with E-state index in [1.165, 1.54) is 0 Å². The van der Waals surface area contributed by atoms with Gasteiger partial charge < -0.3 is 10.0 Å². The summed E-state index contributed by atoms with van der Waals surface area (Å²) < 4.78 is 0. The van der Waals surface area contributed by atoms with Gasteiger partial charge in [-0.25, -0.2) is 0 Å². The third-order valence-electron chi connectivity index (χ3n) is 3.67. The smallest absolute Gasteiger partial charge is 0.0712 e. The van der Waals surface area contributed by atoms with Gasteiger partial charge >= 0.3 is 0 Å². The molecule has 0 saturated carbocycles. The Kier molecular flexibility index (Phi) is 4.36. The lowest BCUT2D eigenvalue weighted by atomic mass is 9.85. The molecule has 0 aromatic carbocycles. The number of aromatic nitrogens is 1. The minimum absolute atomic E-state index is 0.531. The quantitative estimate of drug-likeness (QED) is 0.886. The molecule has 1 aliphatic rings. The van der Waals surface area contributed by atoms with Crippen molar-refractivity contribution in [3.63, 3.8) is 0 Å². The molecule has 3 heteroatoms. The van der Waals surface area contributed by atoms with Crippen LogP contribution in [0.5, 0.6) is 0 Å². The Labute approximate surface area is 110 Å². The SMILES string of the molecule is CC(C)CN1CCC(O)(Cc2cccnc2)CC1. The Morgan fingerprint density at radius 1 is 1.39 bits per heavy atom. The van der Waals surface area contributed by atoms with Gasteiger partial charge in [-0.1, -0.05) is 19.9 Å². The van der Waals surface area contributed by atoms with Gasteiger partial charge in [-0.15, -0.1) is 0 Å². The number of hydrogen-bond donors (Lipinski definition) is 1. The average Bonchev–Trinajstić information content (AvgIpc) is 2.33. The van der Waals surface area contributed by atoms with E-state index in [4.69, 9.17) is 0 Å². The van der Waals surface area contributed by atoms with Crippen molar-refractivity contribution in [3.8, 4) is 0 Å². The molecule has 1 fully saturated rings. The van der Waals surface area contributed by atoms with Gasteiger partial charge in [0.2, 0.25) is 0 Å². The lowest BCUT2D eigenvalue weighted by Crippen LogP contribution is -2.46. The van der Waals surface area contributed by atoms with E-state index in [2.05, 4.69) is 23.7 Å². The van der Waals surface area contributed by atoms with Crippen molar-refractivity contribution in [1.82, 2.24) is 9.88 Å². The first-order chi connectivity index (χ1) is 8.57. The fourth-order valence-electron chi connectivity index (χ4n) is 2.73. The van der Waals surface area contributed by atoms with Crippen molar-refractivity contribution >= 4 is 0 Å². The predicted molar refractivity (Wildman–Crippen MR) is 73.4 cm³/mol. The number of piperidine rings is 1. The first kappa shape index (κ1) is 13.5. The molecule has 1 saturated heterocycles. The highest BCUT2D eigenvalue weighted by Crippen LogP contribution is 2.26. The maximum Gasteiger partial charge on any atom is 0.0712 e. The molecule has 0 atom stereocenters. The Hall–Kier alpha value is -0.930. The highest BCUT2D eigenvalue weighted by molar-refractivity contribution is 5.12. The highest BCUT2D eigenvalue weighted by Gasteiger charge is 2.32. The van der Waals surface area contributed by atoms with Crippen molar-refractivity contribution in [2.45, 2.75) is 38.7 Å². The summed E-state index contributed by atoms with van der Waals surface area (Å²) in [5.41, 5.74) is 0.605. The number of nitrogens with zero attached hydrogens (tertiary/aromatic N) is 2. The maximum absolute atomic E-state index is 10.6. The van der Waals surface area contributed by atoms with Crippen LogP contribution in [0.1, 0.15) is 32.3 Å². The molecule has 0 unspecified atom stereocenters. The molecule has 0 bridgehead atoms. The lowest BCUT2D eigenvalue weighted by molar-refractivity contribution is -0.0227. The topological polar surface area (TPSA) is 36.4 Å². The van der Waals surface area contributed by atoms with Gasteiger partial charge in [-0.3, -0.25) is 4.98 Å². The molecule has 0 spiro atoms. The van der Waals surface area contributed by atoms with Gasteiger partial charge in [0.1, 0.15) is 0 Å². The minimum atomic E-state index is -0.531. The normalized spacial score (nSPS) is 20.2. The molecule has 3 nitrogen and oxygen atoms in total. The Morgan fingerprint density at radius 2 is 2.11 bits per heavy atom. The number of pyridine rings is 1. The number of likely N-dealkylation sites (tertiary alicyclic amines) is 1. The second-order valence-corrected chi connectivity index (χ2v) is 5.96. The van der Waals surface area contributed by atoms with Crippen LogP contribution in [0.25, 0.3) is 0 Å². The summed E-state index contributed by atoms with van der Waals surface area (Å²) in [6.45, 7) is 7.65. The van der Waals surface area contributed by atoms with E-state index >= 15 is 0 Å². The molecule has 1 aromatic rings. The standard InChI is InChI=1S/C15H24N2O/c1-13(2)12-17-8-5-15(18,6-9-17)10-14-4-3-7-16-11-14/h3-4,7,11,13,18H,5-6,8-10,12H2,1-2H3. The van der Waals surface area contributed by atoms with Gasteiger partial charge in [0.05, 0.1) is 5.60 Å². The maximum atomic E-state index is 10.6. The second kappa shape index (κ2) is 5.81. The second-order valence-electron chi connectivity index (χ2n) is 5.96. The number of hydrogen-bond acceptors (Lipinski definition) is 3. The number of rotatable bonds is 4. The predicted octanol–water partition coefficient (Wildman–Crippen LogP) is 2.11. The van der Waals surface area contributed by atoms with E-state index in [-0.39, 0.29) is 0 Å². The van der Waals surface area contributed by atoms with Crippen LogP contribution >= 0.6 is 0 Å². The summed E-state index contributed by atoms with van der Waals surface area (Å²) >= 11 is 0. The van der Waals surface area contributed by atoms with Crippen LogP contribution in [-0.2, 0) is 6.42 Å². The van der Waals surface area contributed by atoms with Gasteiger partial charge in [-0.2, -0.15) is 0 Å². The molecule has 18 heavy (non-hydrogen) atoms. The molecular formula is C15H24N2O. The fourth-order valence-corrected chi connectivity index (χ4v) is 2.73. The molecule has 0 amide bonds. The minimum Gasteiger partial charge on any atom is -0.389 e. The zero-order valence-electron chi connectivity index (χ0n) is 11.5. The lowest BCUT2D eigenvalue weighted by Gasteiger charge is -2.39. The molecule has 2 heterocycles. The molecule has 1 N–H and O–H groups in total. The van der Waals surface area contributed by atoms with Crippen LogP contribution in [-0.4, -0.2) is 40.2 Å². The summed E-state index contributed by atoms with van der Waals surface area (Å²) in [4.78, 5) is 6.57. The van der Waals surface area contributed by atoms with Crippen LogP contribution in [0.4, 0.5) is 0 Å². The van der Waals surface area contributed by atoms with Gasteiger partial charge in [-0.05, 0) is 30.4 Å². The van der Waals surface area contributed by atoms with Crippen molar-refractivity contribution in [1.29, 1.82) is 0 Å². The zero-order chi connectivity index (χ0) is 13.0. The first-order valence-corrected chi connectivity index (χ1v) is 6.91. The van der Waals surface area contributed by atoms with E-state index in [9.17, 15) is 5.11 Å². The molecule has 100 valence electrons. The number of aliphatic hydroxyl groups is 1. The third kappa shape index (κ3) is 3.79. The van der Waals surface area contributed by atoms with Gasteiger partial charge in [0, 0.05) is 38.4 Å². The van der Waals surface area contributed by atoms with E-state index < -0.39 is 5.60 Å².